The summed E-state index contributed by atoms with van der Waals surface area (Å²) in [6.07, 6.45) is 6.14. The molecule has 1 amide bonds. The highest BCUT2D eigenvalue weighted by Crippen LogP contribution is 2.30. The van der Waals surface area contributed by atoms with Gasteiger partial charge in [-0.05, 0) is 63.1 Å². The number of rotatable bonds is 7. The average Bonchev–Trinajstić information content (AvgIpc) is 3.45. The normalized spacial score (nSPS) is 21.5. The number of carbonyl (C=O) groups excluding carboxylic acids is 1. The molecule has 6 heteroatoms. The second kappa shape index (κ2) is 8.09. The van der Waals surface area contributed by atoms with E-state index in [-0.39, 0.29) is 16.8 Å². The van der Waals surface area contributed by atoms with Crippen molar-refractivity contribution in [2.24, 2.45) is 5.92 Å². The fourth-order valence-corrected chi connectivity index (χ4v) is 5.44. The minimum Gasteiger partial charge on any atom is -0.338 e. The van der Waals surface area contributed by atoms with Gasteiger partial charge in [0.15, 0.2) is 0 Å². The highest BCUT2D eigenvalue weighted by Gasteiger charge is 2.32. The predicted molar refractivity (Wildman–Crippen MR) is 103 cm³/mol. The van der Waals surface area contributed by atoms with Crippen molar-refractivity contribution in [3.63, 3.8) is 0 Å². The van der Waals surface area contributed by atoms with Crippen molar-refractivity contribution in [2.75, 3.05) is 19.6 Å². The second-order valence-electron chi connectivity index (χ2n) is 7.68. The number of carbonyl (C=O) groups is 1. The van der Waals surface area contributed by atoms with Gasteiger partial charge in [-0.1, -0.05) is 19.4 Å². The Balaban J connectivity index is 1.83. The summed E-state index contributed by atoms with van der Waals surface area (Å²) in [4.78, 5) is 15.1. The summed E-state index contributed by atoms with van der Waals surface area (Å²) in [6.45, 7) is 6.09. The van der Waals surface area contributed by atoms with E-state index in [0.29, 0.717) is 18.0 Å². The molecule has 0 spiro atoms. The molecule has 5 nitrogen and oxygen atoms in total. The summed E-state index contributed by atoms with van der Waals surface area (Å²) in [5.74, 6) is 0.564. The smallest absolute Gasteiger partial charge is 0.253 e. The van der Waals surface area contributed by atoms with E-state index in [9.17, 15) is 13.2 Å². The largest absolute Gasteiger partial charge is 0.338 e. The van der Waals surface area contributed by atoms with Gasteiger partial charge < -0.3 is 4.90 Å². The highest BCUT2D eigenvalue weighted by molar-refractivity contribution is 7.89. The first-order valence-electron chi connectivity index (χ1n) is 9.84. The topological polar surface area (TPSA) is 57.7 Å². The van der Waals surface area contributed by atoms with Crippen molar-refractivity contribution in [3.8, 4) is 0 Å². The monoisotopic (exact) mass is 378 g/mol. The molecule has 1 heterocycles. The van der Waals surface area contributed by atoms with Crippen LogP contribution in [0.15, 0.2) is 29.2 Å². The summed E-state index contributed by atoms with van der Waals surface area (Å²) in [5.41, 5.74) is 0.477. The molecule has 1 aliphatic carbocycles. The van der Waals surface area contributed by atoms with Crippen molar-refractivity contribution in [1.29, 1.82) is 0 Å². The Kier molecular flexibility index (Phi) is 6.03. The molecule has 1 aromatic carbocycles. The fraction of sp³-hybridized carbons (Fsp3) is 0.650. The number of amides is 1. The summed E-state index contributed by atoms with van der Waals surface area (Å²) in [7, 11) is -3.55. The van der Waals surface area contributed by atoms with Gasteiger partial charge in [-0.2, -0.15) is 4.31 Å². The Bertz CT molecular complexity index is 743. The maximum Gasteiger partial charge on any atom is 0.253 e. The molecule has 1 unspecified atom stereocenters. The van der Waals surface area contributed by atoms with Crippen LogP contribution in [0.5, 0.6) is 0 Å². The molecule has 144 valence electrons. The Morgan fingerprint density at radius 3 is 2.65 bits per heavy atom. The van der Waals surface area contributed by atoms with Gasteiger partial charge in [0.2, 0.25) is 10.0 Å². The molecule has 2 fully saturated rings. The van der Waals surface area contributed by atoms with E-state index < -0.39 is 10.0 Å². The second-order valence-corrected chi connectivity index (χ2v) is 9.57. The Labute approximate surface area is 157 Å². The number of nitrogens with zero attached hydrogens (tertiary/aromatic N) is 2. The quantitative estimate of drug-likeness (QED) is 0.729. The minimum atomic E-state index is -3.55. The van der Waals surface area contributed by atoms with Crippen molar-refractivity contribution in [3.05, 3.63) is 29.8 Å². The fourth-order valence-electron chi connectivity index (χ4n) is 3.69. The first-order valence-corrected chi connectivity index (χ1v) is 11.3. The maximum atomic E-state index is 13.1. The van der Waals surface area contributed by atoms with Gasteiger partial charge in [0.25, 0.3) is 5.91 Å². The SMILES string of the molecule is CCCN(CC1CC1)C(=O)c1cccc(S(=O)(=O)N2CCCCC2C)c1. The number of sulfonamides is 1. The number of hydrogen-bond donors (Lipinski definition) is 0. The third-order valence-electron chi connectivity index (χ3n) is 5.39. The molecule has 1 atom stereocenters. The van der Waals surface area contributed by atoms with Crippen molar-refractivity contribution >= 4 is 15.9 Å². The first kappa shape index (κ1) is 19.4. The minimum absolute atomic E-state index is 0.0135. The van der Waals surface area contributed by atoms with Gasteiger partial charge in [-0.25, -0.2) is 8.42 Å². The van der Waals surface area contributed by atoms with Crippen LogP contribution in [-0.4, -0.2) is 49.2 Å². The average molecular weight is 379 g/mol. The maximum absolute atomic E-state index is 13.1. The van der Waals surface area contributed by atoms with Crippen LogP contribution in [0.1, 0.15) is 62.7 Å². The molecule has 3 rings (SSSR count). The van der Waals surface area contributed by atoms with Gasteiger partial charge in [0.05, 0.1) is 4.90 Å². The standard InChI is InChI=1S/C20H30N2O3S/c1-3-12-21(15-17-10-11-17)20(23)18-8-6-9-19(14-18)26(24,25)22-13-5-4-7-16(22)2/h6,8-9,14,16-17H,3-5,7,10-13,15H2,1-2H3. The Morgan fingerprint density at radius 1 is 1.23 bits per heavy atom. The van der Waals surface area contributed by atoms with Crippen LogP contribution in [-0.2, 0) is 10.0 Å². The Morgan fingerprint density at radius 2 is 2.00 bits per heavy atom. The molecule has 0 bridgehead atoms. The van der Waals surface area contributed by atoms with Crippen molar-refractivity contribution in [1.82, 2.24) is 9.21 Å². The van der Waals surface area contributed by atoms with E-state index in [1.165, 1.54) is 12.8 Å². The zero-order valence-corrected chi connectivity index (χ0v) is 16.7. The third-order valence-corrected chi connectivity index (χ3v) is 7.40. The van der Waals surface area contributed by atoms with Crippen LogP contribution in [0.25, 0.3) is 0 Å². The molecule has 0 aromatic heterocycles. The molecule has 0 radical (unpaired) electrons. The number of hydrogen-bond acceptors (Lipinski definition) is 3. The zero-order chi connectivity index (χ0) is 18.7. The van der Waals surface area contributed by atoms with E-state index in [4.69, 9.17) is 0 Å². The van der Waals surface area contributed by atoms with E-state index in [2.05, 4.69) is 6.92 Å². The molecule has 1 saturated heterocycles. The van der Waals surface area contributed by atoms with Gasteiger partial charge in [0.1, 0.15) is 0 Å². The van der Waals surface area contributed by atoms with Gasteiger partial charge >= 0.3 is 0 Å². The first-order chi connectivity index (χ1) is 12.4. The van der Waals surface area contributed by atoms with E-state index in [1.807, 2.05) is 11.8 Å². The van der Waals surface area contributed by atoms with Crippen molar-refractivity contribution < 1.29 is 13.2 Å². The molecule has 1 aliphatic heterocycles. The lowest BCUT2D eigenvalue weighted by Gasteiger charge is -2.32. The van der Waals surface area contributed by atoms with Crippen LogP contribution >= 0.6 is 0 Å². The lowest BCUT2D eigenvalue weighted by atomic mass is 10.1. The number of benzene rings is 1. The van der Waals surface area contributed by atoms with E-state index in [0.717, 1.165) is 38.8 Å². The summed E-state index contributed by atoms with van der Waals surface area (Å²) in [6, 6.07) is 6.61. The van der Waals surface area contributed by atoms with Crippen LogP contribution in [0.4, 0.5) is 0 Å². The van der Waals surface area contributed by atoms with Gasteiger partial charge in [-0.15, -0.1) is 0 Å². The molecule has 1 aromatic rings. The molecule has 26 heavy (non-hydrogen) atoms. The summed E-state index contributed by atoms with van der Waals surface area (Å²) >= 11 is 0. The summed E-state index contributed by atoms with van der Waals surface area (Å²) in [5, 5.41) is 0. The predicted octanol–water partition coefficient (Wildman–Crippen LogP) is 3.51. The van der Waals surface area contributed by atoms with E-state index >= 15 is 0 Å². The molecule has 0 N–H and O–H groups in total. The van der Waals surface area contributed by atoms with Gasteiger partial charge in [-0.3, -0.25) is 4.79 Å². The van der Waals surface area contributed by atoms with E-state index in [1.54, 1.807) is 28.6 Å². The molecular formula is C20H30N2O3S. The zero-order valence-electron chi connectivity index (χ0n) is 15.9. The van der Waals surface area contributed by atoms with Crippen LogP contribution < -0.4 is 0 Å². The molecular weight excluding hydrogens is 348 g/mol. The summed E-state index contributed by atoms with van der Waals surface area (Å²) < 4.78 is 27.7. The van der Waals surface area contributed by atoms with Gasteiger partial charge in [0, 0.05) is 31.2 Å². The molecule has 1 saturated carbocycles. The highest BCUT2D eigenvalue weighted by atomic mass is 32.2. The lowest BCUT2D eigenvalue weighted by molar-refractivity contribution is 0.0747. The third kappa shape index (κ3) is 4.29. The lowest BCUT2D eigenvalue weighted by Crippen LogP contribution is -2.42. The molecule has 2 aliphatic rings. The Hall–Kier alpha value is -1.40. The van der Waals surface area contributed by atoms with Crippen LogP contribution in [0.3, 0.4) is 0 Å². The van der Waals surface area contributed by atoms with Crippen LogP contribution in [0.2, 0.25) is 0 Å². The van der Waals surface area contributed by atoms with Crippen molar-refractivity contribution in [2.45, 2.75) is 63.3 Å². The number of piperidine rings is 1. The van der Waals surface area contributed by atoms with Crippen LogP contribution in [0, 0.1) is 5.92 Å².